The number of hydrogen-bond acceptors (Lipinski definition) is 7. The van der Waals surface area contributed by atoms with Crippen LogP contribution in [-0.2, 0) is 14.3 Å². The molecule has 0 bridgehead atoms. The lowest BCUT2D eigenvalue weighted by Crippen LogP contribution is -2.71. The highest BCUT2D eigenvalue weighted by Crippen LogP contribution is 2.39. The minimum Gasteiger partial charge on any atom is -0.456 e. The molecule has 1 aliphatic heterocycles. The molecule has 5 rings (SSSR count). The number of benzene rings is 2. The number of amides is 3. The molecule has 242 valence electrons. The van der Waals surface area contributed by atoms with E-state index < -0.39 is 29.2 Å². The molecule has 10 nitrogen and oxygen atoms in total. The van der Waals surface area contributed by atoms with Crippen LogP contribution in [0.4, 0.5) is 21.9 Å². The van der Waals surface area contributed by atoms with Crippen LogP contribution in [0.3, 0.4) is 0 Å². The molecule has 0 radical (unpaired) electrons. The molecule has 3 aliphatic rings. The number of nitrogens with zero attached hydrogens (tertiary/aromatic N) is 2. The van der Waals surface area contributed by atoms with Crippen LogP contribution in [0.2, 0.25) is 0 Å². The lowest BCUT2D eigenvalue weighted by molar-refractivity contribution is -0.128. The summed E-state index contributed by atoms with van der Waals surface area (Å²) in [5.74, 6) is -1.11. The maximum Gasteiger partial charge on any atom is 0.338 e. The zero-order valence-electron chi connectivity index (χ0n) is 26.8. The predicted molar refractivity (Wildman–Crippen MR) is 175 cm³/mol. The number of carbonyl (C=O) groups excluding carboxylic acids is 4. The third-order valence-electron chi connectivity index (χ3n) is 9.01. The van der Waals surface area contributed by atoms with Gasteiger partial charge in [0, 0.05) is 17.6 Å². The Morgan fingerprint density at radius 2 is 1.56 bits per heavy atom. The molecular weight excluding hydrogens is 570 g/mol. The van der Waals surface area contributed by atoms with E-state index in [-0.39, 0.29) is 36.4 Å². The molecule has 3 amide bonds. The van der Waals surface area contributed by atoms with Gasteiger partial charge in [-0.3, -0.25) is 20.2 Å². The van der Waals surface area contributed by atoms with Crippen molar-refractivity contribution in [3.8, 4) is 0 Å². The second-order valence-corrected chi connectivity index (χ2v) is 13.7. The zero-order valence-corrected chi connectivity index (χ0v) is 26.8. The number of rotatable bonds is 7. The van der Waals surface area contributed by atoms with Gasteiger partial charge in [0.15, 0.2) is 11.4 Å². The number of nitrogens with one attached hydrogen (secondary N) is 2. The van der Waals surface area contributed by atoms with Crippen molar-refractivity contribution in [2.24, 2.45) is 11.7 Å². The minimum absolute atomic E-state index is 0.0229. The average molecular weight is 618 g/mol. The Labute approximate surface area is 266 Å². The van der Waals surface area contributed by atoms with Gasteiger partial charge < -0.3 is 20.3 Å². The Bertz CT molecular complexity index is 1410. The molecular formula is C35H47N5O5. The fourth-order valence-corrected chi connectivity index (χ4v) is 6.81. The van der Waals surface area contributed by atoms with E-state index in [9.17, 15) is 19.2 Å². The summed E-state index contributed by atoms with van der Waals surface area (Å²) in [5.41, 5.74) is 6.53. The SMILES string of the molecule is CC(C)(C)OC(=O)c1cccc(NC(=O)NC2(N)CN(C3CCCCC3)c3ccccc3N(CC(=O)C3CCCCC3)C2=O)c1. The summed E-state index contributed by atoms with van der Waals surface area (Å²) in [6.07, 6.45) is 9.98. The van der Waals surface area contributed by atoms with E-state index in [4.69, 9.17) is 10.5 Å². The number of ether oxygens (including phenoxy) is 1. The maximum absolute atomic E-state index is 14.5. The van der Waals surface area contributed by atoms with Crippen molar-refractivity contribution in [1.29, 1.82) is 0 Å². The summed E-state index contributed by atoms with van der Waals surface area (Å²) >= 11 is 0. The first-order valence-electron chi connectivity index (χ1n) is 16.4. The molecule has 2 aliphatic carbocycles. The Morgan fingerprint density at radius 3 is 2.22 bits per heavy atom. The molecule has 2 fully saturated rings. The van der Waals surface area contributed by atoms with E-state index in [2.05, 4.69) is 15.5 Å². The largest absolute Gasteiger partial charge is 0.456 e. The van der Waals surface area contributed by atoms with E-state index in [0.29, 0.717) is 11.4 Å². The molecule has 10 heteroatoms. The number of Topliss-reactive ketones (excluding diaryl/α,β-unsaturated/α-hetero) is 1. The van der Waals surface area contributed by atoms with Crippen molar-refractivity contribution in [3.05, 3.63) is 54.1 Å². The van der Waals surface area contributed by atoms with Gasteiger partial charge in [0.2, 0.25) is 0 Å². The number of carbonyl (C=O) groups is 4. The third kappa shape index (κ3) is 7.84. The molecule has 0 saturated heterocycles. The van der Waals surface area contributed by atoms with Crippen LogP contribution in [-0.4, -0.2) is 54.1 Å². The Morgan fingerprint density at radius 1 is 0.911 bits per heavy atom. The number of para-hydroxylation sites is 2. The summed E-state index contributed by atoms with van der Waals surface area (Å²) < 4.78 is 5.47. The summed E-state index contributed by atoms with van der Waals surface area (Å²) in [6, 6.07) is 13.5. The standard InChI is InChI=1S/C35H47N5O5/c1-34(2,3)45-31(42)25-15-12-16-26(21-25)37-33(44)38-35(36)23-40(27-17-8-5-9-18-27)29-20-11-10-19-28(29)39(32(35)43)22-30(41)24-13-6-4-7-14-24/h10-12,15-16,19-21,24,27H,4-9,13-14,17-18,22-23,36H2,1-3H3,(H2,37,38,44). The second kappa shape index (κ2) is 13.6. The second-order valence-electron chi connectivity index (χ2n) is 13.7. The van der Waals surface area contributed by atoms with Crippen molar-refractivity contribution in [3.63, 3.8) is 0 Å². The molecule has 2 aromatic carbocycles. The molecule has 0 aromatic heterocycles. The van der Waals surface area contributed by atoms with Crippen molar-refractivity contribution >= 4 is 40.8 Å². The molecule has 1 heterocycles. The van der Waals surface area contributed by atoms with Crippen LogP contribution < -0.4 is 26.2 Å². The predicted octanol–water partition coefficient (Wildman–Crippen LogP) is 5.75. The van der Waals surface area contributed by atoms with Crippen LogP contribution in [0.15, 0.2) is 48.5 Å². The van der Waals surface area contributed by atoms with Crippen molar-refractivity contribution in [2.75, 3.05) is 28.2 Å². The fourth-order valence-electron chi connectivity index (χ4n) is 6.81. The van der Waals surface area contributed by atoms with Crippen molar-refractivity contribution in [2.45, 2.75) is 102 Å². The number of anilines is 3. The topological polar surface area (TPSA) is 134 Å². The first-order valence-corrected chi connectivity index (χ1v) is 16.4. The quantitative estimate of drug-likeness (QED) is 0.266. The van der Waals surface area contributed by atoms with Gasteiger partial charge in [-0.25, -0.2) is 9.59 Å². The number of esters is 1. The smallest absolute Gasteiger partial charge is 0.338 e. The van der Waals surface area contributed by atoms with Crippen LogP contribution in [0, 0.1) is 5.92 Å². The maximum atomic E-state index is 14.5. The Hall–Kier alpha value is -3.92. The molecule has 0 spiro atoms. The van der Waals surface area contributed by atoms with Crippen LogP contribution >= 0.6 is 0 Å². The number of urea groups is 1. The number of nitrogens with two attached hydrogens (primary N) is 1. The van der Waals surface area contributed by atoms with Gasteiger partial charge in [0.25, 0.3) is 5.91 Å². The summed E-state index contributed by atoms with van der Waals surface area (Å²) in [4.78, 5) is 57.8. The Balaban J connectivity index is 1.43. The highest BCUT2D eigenvalue weighted by Gasteiger charge is 2.47. The lowest BCUT2D eigenvalue weighted by Gasteiger charge is -2.39. The van der Waals surface area contributed by atoms with Gasteiger partial charge >= 0.3 is 12.0 Å². The molecule has 4 N–H and O–H groups in total. The van der Waals surface area contributed by atoms with E-state index in [0.717, 1.165) is 69.9 Å². The van der Waals surface area contributed by atoms with Crippen LogP contribution in [0.5, 0.6) is 0 Å². The van der Waals surface area contributed by atoms with E-state index in [1.54, 1.807) is 39.0 Å². The van der Waals surface area contributed by atoms with Crippen molar-refractivity contribution in [1.82, 2.24) is 5.32 Å². The average Bonchev–Trinajstić information content (AvgIpc) is 3.10. The van der Waals surface area contributed by atoms with Gasteiger partial charge in [-0.1, -0.05) is 56.7 Å². The van der Waals surface area contributed by atoms with Crippen molar-refractivity contribution < 1.29 is 23.9 Å². The molecule has 45 heavy (non-hydrogen) atoms. The summed E-state index contributed by atoms with van der Waals surface area (Å²) in [6.45, 7) is 5.30. The normalized spacial score (nSPS) is 21.5. The summed E-state index contributed by atoms with van der Waals surface area (Å²) in [7, 11) is 0. The third-order valence-corrected chi connectivity index (χ3v) is 9.01. The zero-order chi connectivity index (χ0) is 32.2. The molecule has 2 aromatic rings. The molecule has 1 atom stereocenters. The van der Waals surface area contributed by atoms with Gasteiger partial charge in [-0.2, -0.15) is 0 Å². The van der Waals surface area contributed by atoms with E-state index in [1.165, 1.54) is 11.0 Å². The minimum atomic E-state index is -1.84. The Kier molecular flexibility index (Phi) is 9.82. The van der Waals surface area contributed by atoms with Gasteiger partial charge in [0.1, 0.15) is 5.60 Å². The van der Waals surface area contributed by atoms with Gasteiger partial charge in [-0.15, -0.1) is 0 Å². The number of ketones is 1. The number of hydrogen-bond donors (Lipinski definition) is 3. The first-order chi connectivity index (χ1) is 21.4. The highest BCUT2D eigenvalue weighted by atomic mass is 16.6. The van der Waals surface area contributed by atoms with E-state index >= 15 is 0 Å². The lowest BCUT2D eigenvalue weighted by atomic mass is 9.86. The number of fused-ring (bicyclic) bond motifs is 1. The van der Waals surface area contributed by atoms with Gasteiger partial charge in [-0.05, 0) is 76.8 Å². The van der Waals surface area contributed by atoms with Gasteiger partial charge in [0.05, 0.1) is 30.0 Å². The summed E-state index contributed by atoms with van der Waals surface area (Å²) in [5, 5.41) is 5.52. The highest BCUT2D eigenvalue weighted by molar-refractivity contribution is 6.09. The van der Waals surface area contributed by atoms with Crippen LogP contribution in [0.25, 0.3) is 0 Å². The van der Waals surface area contributed by atoms with Crippen LogP contribution in [0.1, 0.15) is 95.3 Å². The molecule has 1 unspecified atom stereocenters. The van der Waals surface area contributed by atoms with E-state index in [1.807, 2.05) is 24.3 Å². The first kappa shape index (κ1) is 32.5. The molecule has 2 saturated carbocycles. The monoisotopic (exact) mass is 617 g/mol. The fraction of sp³-hybridized carbons (Fsp3) is 0.543.